The van der Waals surface area contributed by atoms with Gasteiger partial charge in [0.2, 0.25) is 0 Å². The van der Waals surface area contributed by atoms with E-state index < -0.39 is 17.7 Å². The van der Waals surface area contributed by atoms with Gasteiger partial charge in [-0.15, -0.1) is 0 Å². The van der Waals surface area contributed by atoms with E-state index in [1.807, 2.05) is 36.4 Å². The van der Waals surface area contributed by atoms with Gasteiger partial charge in [0, 0.05) is 23.5 Å². The predicted octanol–water partition coefficient (Wildman–Crippen LogP) is 4.91. The van der Waals surface area contributed by atoms with Gasteiger partial charge in [-0.25, -0.2) is 4.79 Å². The molecule has 0 unspecified atom stereocenters. The van der Waals surface area contributed by atoms with Crippen molar-refractivity contribution < 1.29 is 22.7 Å². The number of carbonyl (C=O) groups is 1. The summed E-state index contributed by atoms with van der Waals surface area (Å²) in [5.74, 6) is -0.803. The van der Waals surface area contributed by atoms with Crippen LogP contribution in [0.3, 0.4) is 0 Å². The Morgan fingerprint density at radius 2 is 1.86 bits per heavy atom. The number of alkyl halides is 3. The van der Waals surface area contributed by atoms with Crippen LogP contribution in [0.15, 0.2) is 54.6 Å². The van der Waals surface area contributed by atoms with E-state index in [9.17, 15) is 18.0 Å². The Balaban J connectivity index is 1.69. The molecule has 0 fully saturated rings. The lowest BCUT2D eigenvalue weighted by molar-refractivity contribution is -0.138. The maximum Gasteiger partial charge on any atom is 0.416 e. The summed E-state index contributed by atoms with van der Waals surface area (Å²) in [6.07, 6.45) is -4.56. The molecule has 8 heteroatoms. The Kier molecular flexibility index (Phi) is 6.11. The van der Waals surface area contributed by atoms with Crippen molar-refractivity contribution in [3.63, 3.8) is 0 Å². The molecule has 0 radical (unpaired) electrons. The highest BCUT2D eigenvalue weighted by Gasteiger charge is 2.34. The van der Waals surface area contributed by atoms with Crippen molar-refractivity contribution in [3.05, 3.63) is 76.2 Å². The number of hydrogen-bond donors (Lipinski definition) is 1. The zero-order valence-electron chi connectivity index (χ0n) is 14.9. The van der Waals surface area contributed by atoms with Crippen LogP contribution in [0.1, 0.15) is 26.4 Å². The van der Waals surface area contributed by atoms with Gasteiger partial charge in [-0.3, -0.25) is 0 Å². The van der Waals surface area contributed by atoms with E-state index in [0.29, 0.717) is 6.54 Å². The van der Waals surface area contributed by atoms with Crippen LogP contribution in [0, 0.1) is 0 Å². The van der Waals surface area contributed by atoms with E-state index in [1.165, 1.54) is 23.7 Å². The number of carbonyl (C=O) groups excluding carboxylic acids is 1. The fourth-order valence-electron chi connectivity index (χ4n) is 2.70. The van der Waals surface area contributed by atoms with E-state index in [4.69, 9.17) is 0 Å². The number of esters is 1. The van der Waals surface area contributed by atoms with E-state index in [-0.39, 0.29) is 17.7 Å². The molecule has 1 heterocycles. The molecule has 4 nitrogen and oxygen atoms in total. The molecule has 0 amide bonds. The third kappa shape index (κ3) is 4.76. The lowest BCUT2D eigenvalue weighted by atomic mass is 10.0. The van der Waals surface area contributed by atoms with Crippen molar-refractivity contribution in [1.29, 1.82) is 0 Å². The first-order valence-electron chi connectivity index (χ1n) is 8.38. The summed E-state index contributed by atoms with van der Waals surface area (Å²) >= 11 is 1.30. The lowest BCUT2D eigenvalue weighted by Gasteiger charge is -2.14. The first kappa shape index (κ1) is 20.0. The van der Waals surface area contributed by atoms with Gasteiger partial charge in [0.25, 0.3) is 0 Å². The van der Waals surface area contributed by atoms with Crippen molar-refractivity contribution in [2.75, 3.05) is 7.11 Å². The zero-order valence-corrected chi connectivity index (χ0v) is 15.7. The average Bonchev–Trinajstić information content (AvgIpc) is 3.16. The first-order chi connectivity index (χ1) is 13.4. The minimum Gasteiger partial charge on any atom is -0.465 e. The number of hydrogen-bond acceptors (Lipinski definition) is 5. The molecule has 28 heavy (non-hydrogen) atoms. The molecule has 0 saturated carbocycles. The molecule has 0 aliphatic carbocycles. The minimum absolute atomic E-state index is 0.00880. The summed E-state index contributed by atoms with van der Waals surface area (Å²) in [5, 5.41) is 3.01. The number of halogens is 3. The summed E-state index contributed by atoms with van der Waals surface area (Å²) in [6, 6.07) is 15.0. The van der Waals surface area contributed by atoms with Gasteiger partial charge in [0.15, 0.2) is 0 Å². The van der Waals surface area contributed by atoms with Crippen LogP contribution >= 0.6 is 11.5 Å². The Morgan fingerprint density at radius 3 is 2.54 bits per heavy atom. The molecule has 1 aromatic heterocycles. The molecule has 3 aromatic rings. The number of methoxy groups -OCH3 is 1. The van der Waals surface area contributed by atoms with Crippen molar-refractivity contribution in [1.82, 2.24) is 9.69 Å². The molecule has 1 N–H and O–H groups in total. The average molecular weight is 406 g/mol. The van der Waals surface area contributed by atoms with Crippen LogP contribution in [0.4, 0.5) is 13.2 Å². The van der Waals surface area contributed by atoms with Gasteiger partial charge in [0.1, 0.15) is 0 Å². The fourth-order valence-corrected chi connectivity index (χ4v) is 3.41. The van der Waals surface area contributed by atoms with E-state index in [2.05, 4.69) is 14.4 Å². The molecule has 0 aliphatic heterocycles. The second-order valence-corrected chi connectivity index (χ2v) is 6.90. The fraction of sp³-hybridized carbons (Fsp3) is 0.200. The maximum atomic E-state index is 13.3. The molecule has 0 atom stereocenters. The number of benzene rings is 2. The van der Waals surface area contributed by atoms with E-state index >= 15 is 0 Å². The van der Waals surface area contributed by atoms with Gasteiger partial charge in [-0.2, -0.15) is 17.5 Å². The number of aromatic nitrogens is 1. The van der Waals surface area contributed by atoms with Gasteiger partial charge < -0.3 is 10.1 Å². The molecule has 0 spiro atoms. The number of nitrogens with zero attached hydrogens (tertiary/aromatic N) is 1. The quantitative estimate of drug-likeness (QED) is 0.592. The van der Waals surface area contributed by atoms with Crippen LogP contribution in [0.5, 0.6) is 0 Å². The minimum atomic E-state index is -4.56. The molecule has 0 aliphatic rings. The first-order valence-corrected chi connectivity index (χ1v) is 9.16. The van der Waals surface area contributed by atoms with Crippen LogP contribution in [-0.2, 0) is 24.0 Å². The van der Waals surface area contributed by atoms with Crippen molar-refractivity contribution in [2.45, 2.75) is 19.3 Å². The molecular formula is C20H17F3N2O2S. The number of rotatable bonds is 6. The molecule has 2 aromatic carbocycles. The second-order valence-electron chi connectivity index (χ2n) is 6.01. The standard InChI is InChI=1S/C20H17F3N2O2S/c1-27-19(26)14-7-8-15(17(9-14)20(21,22)23)11-24-12-16-10-18(25-28-16)13-5-3-2-4-6-13/h2-10,24H,11-12H2,1H3. The molecule has 3 rings (SSSR count). The molecule has 146 valence electrons. The number of nitrogens with one attached hydrogen (secondary N) is 1. The van der Waals surface area contributed by atoms with Crippen LogP contribution < -0.4 is 5.32 Å². The van der Waals surface area contributed by atoms with Crippen LogP contribution in [-0.4, -0.2) is 17.5 Å². The van der Waals surface area contributed by atoms with Gasteiger partial charge in [-0.1, -0.05) is 36.4 Å². The third-order valence-electron chi connectivity index (χ3n) is 4.08. The SMILES string of the molecule is COC(=O)c1ccc(CNCc2cc(-c3ccccc3)ns2)c(C(F)(F)F)c1. The van der Waals surface area contributed by atoms with Gasteiger partial charge in [-0.05, 0) is 35.3 Å². The van der Waals surface area contributed by atoms with E-state index in [0.717, 1.165) is 29.3 Å². The van der Waals surface area contributed by atoms with Crippen molar-refractivity contribution in [2.24, 2.45) is 0 Å². The maximum absolute atomic E-state index is 13.3. The van der Waals surface area contributed by atoms with Crippen molar-refractivity contribution in [3.8, 4) is 11.3 Å². The van der Waals surface area contributed by atoms with Crippen molar-refractivity contribution >= 4 is 17.5 Å². The second kappa shape index (κ2) is 8.53. The third-order valence-corrected chi connectivity index (χ3v) is 4.86. The monoisotopic (exact) mass is 406 g/mol. The lowest BCUT2D eigenvalue weighted by Crippen LogP contribution is -2.18. The Hall–Kier alpha value is -2.71. The summed E-state index contributed by atoms with van der Waals surface area (Å²) in [4.78, 5) is 12.4. The van der Waals surface area contributed by atoms with E-state index in [1.54, 1.807) is 0 Å². The Morgan fingerprint density at radius 1 is 1.11 bits per heavy atom. The summed E-state index contributed by atoms with van der Waals surface area (Å²) in [7, 11) is 1.13. The summed E-state index contributed by atoms with van der Waals surface area (Å²) in [6.45, 7) is 0.398. The topological polar surface area (TPSA) is 51.2 Å². The molecule has 0 bridgehead atoms. The number of ether oxygens (including phenoxy) is 1. The normalized spacial score (nSPS) is 11.4. The largest absolute Gasteiger partial charge is 0.465 e. The Bertz CT molecular complexity index is 956. The highest BCUT2D eigenvalue weighted by atomic mass is 32.1. The summed E-state index contributed by atoms with van der Waals surface area (Å²) < 4.78 is 48.9. The van der Waals surface area contributed by atoms with Crippen LogP contribution in [0.2, 0.25) is 0 Å². The predicted molar refractivity (Wildman–Crippen MR) is 101 cm³/mol. The molecule has 0 saturated heterocycles. The smallest absolute Gasteiger partial charge is 0.416 e. The van der Waals surface area contributed by atoms with Gasteiger partial charge in [0.05, 0.1) is 23.9 Å². The molecular weight excluding hydrogens is 389 g/mol. The highest BCUT2D eigenvalue weighted by Crippen LogP contribution is 2.33. The Labute approximate surface area is 164 Å². The zero-order chi connectivity index (χ0) is 20.1. The van der Waals surface area contributed by atoms with Gasteiger partial charge >= 0.3 is 12.1 Å². The highest BCUT2D eigenvalue weighted by molar-refractivity contribution is 7.06. The van der Waals surface area contributed by atoms with Crippen LogP contribution in [0.25, 0.3) is 11.3 Å². The summed E-state index contributed by atoms with van der Waals surface area (Å²) in [5.41, 5.74) is 0.905.